The van der Waals surface area contributed by atoms with E-state index in [9.17, 15) is 0 Å². The molecule has 5 heteroatoms. The molecule has 0 bridgehead atoms. The molecule has 1 aliphatic carbocycles. The summed E-state index contributed by atoms with van der Waals surface area (Å²) in [6, 6.07) is 0. The largest absolute Gasteiger partial charge is 0.493 e. The minimum absolute atomic E-state index is 0.120. The molecule has 0 saturated heterocycles. The molecule has 112 valence electrons. The van der Waals surface area contributed by atoms with Gasteiger partial charge in [-0.1, -0.05) is 12.5 Å². The van der Waals surface area contributed by atoms with Gasteiger partial charge in [-0.25, -0.2) is 0 Å². The lowest BCUT2D eigenvalue weighted by atomic mass is 10.1. The first-order valence-electron chi connectivity index (χ1n) is 7.21. The average molecular weight is 298 g/mol. The van der Waals surface area contributed by atoms with Gasteiger partial charge in [0.15, 0.2) is 5.75 Å². The van der Waals surface area contributed by atoms with E-state index in [0.29, 0.717) is 0 Å². The zero-order valence-electron chi connectivity index (χ0n) is 12.6. The first-order valence-corrected chi connectivity index (χ1v) is 7.65. The fourth-order valence-electron chi connectivity index (χ4n) is 2.54. The van der Waals surface area contributed by atoms with Gasteiger partial charge >= 0.3 is 0 Å². The Morgan fingerprint density at radius 3 is 2.95 bits per heavy atom. The number of nitrogens with zero attached hydrogens (tertiary/aromatic N) is 3. The van der Waals surface area contributed by atoms with E-state index in [1.54, 1.807) is 13.3 Å². The van der Waals surface area contributed by atoms with Gasteiger partial charge in [0.25, 0.3) is 0 Å². The Morgan fingerprint density at radius 2 is 2.25 bits per heavy atom. The molecule has 0 aromatic carbocycles. The van der Waals surface area contributed by atoms with E-state index in [4.69, 9.17) is 16.3 Å². The van der Waals surface area contributed by atoms with Crippen molar-refractivity contribution < 1.29 is 4.74 Å². The lowest BCUT2D eigenvalue weighted by Gasteiger charge is -2.14. The standard InChI is InChI=1S/C15H24ClN3O/c1-18(2)8-9-19-15(14(20-3)11-17-19)12-6-4-5-7-13(16)10-12/h10-11,13H,4-9H2,1-3H3. The second kappa shape index (κ2) is 7.14. The van der Waals surface area contributed by atoms with Gasteiger partial charge in [-0.3, -0.25) is 4.68 Å². The van der Waals surface area contributed by atoms with E-state index >= 15 is 0 Å². The van der Waals surface area contributed by atoms with E-state index in [0.717, 1.165) is 37.4 Å². The van der Waals surface area contributed by atoms with Crippen LogP contribution >= 0.6 is 11.6 Å². The fraction of sp³-hybridized carbons (Fsp3) is 0.667. The van der Waals surface area contributed by atoms with Crippen LogP contribution in [0.2, 0.25) is 0 Å². The lowest BCUT2D eigenvalue weighted by molar-refractivity contribution is 0.370. The third kappa shape index (κ3) is 3.76. The molecule has 1 aromatic rings. The van der Waals surface area contributed by atoms with Crippen molar-refractivity contribution in [2.24, 2.45) is 0 Å². The number of allylic oxidation sites excluding steroid dienone is 2. The van der Waals surface area contributed by atoms with Gasteiger partial charge in [0.05, 0.1) is 25.2 Å². The van der Waals surface area contributed by atoms with Gasteiger partial charge in [-0.2, -0.15) is 5.10 Å². The van der Waals surface area contributed by atoms with Crippen molar-refractivity contribution >= 4 is 17.2 Å². The summed E-state index contributed by atoms with van der Waals surface area (Å²) in [7, 11) is 5.84. The summed E-state index contributed by atoms with van der Waals surface area (Å²) in [4.78, 5) is 2.16. The lowest BCUT2D eigenvalue weighted by Crippen LogP contribution is -2.20. The molecule has 0 spiro atoms. The van der Waals surface area contributed by atoms with Crippen LogP contribution in [-0.4, -0.2) is 47.8 Å². The number of methoxy groups -OCH3 is 1. The Labute approximate surface area is 126 Å². The van der Waals surface area contributed by atoms with Crippen molar-refractivity contribution in [1.29, 1.82) is 0 Å². The summed E-state index contributed by atoms with van der Waals surface area (Å²) < 4.78 is 7.52. The second-order valence-corrected chi connectivity index (χ2v) is 6.10. The monoisotopic (exact) mass is 297 g/mol. The van der Waals surface area contributed by atoms with Gasteiger partial charge in [0, 0.05) is 6.54 Å². The summed E-state index contributed by atoms with van der Waals surface area (Å²) in [5.41, 5.74) is 2.37. The molecular weight excluding hydrogens is 274 g/mol. The Morgan fingerprint density at radius 1 is 1.45 bits per heavy atom. The summed E-state index contributed by atoms with van der Waals surface area (Å²) in [5, 5.41) is 4.59. The molecule has 1 unspecified atom stereocenters. The van der Waals surface area contributed by atoms with Gasteiger partial charge in [0.2, 0.25) is 0 Å². The SMILES string of the molecule is COc1cnn(CCN(C)C)c1C1=CC(Cl)CCCC1. The highest BCUT2D eigenvalue weighted by atomic mass is 35.5. The second-order valence-electron chi connectivity index (χ2n) is 5.54. The summed E-state index contributed by atoms with van der Waals surface area (Å²) in [6.45, 7) is 1.81. The van der Waals surface area contributed by atoms with E-state index in [2.05, 4.69) is 30.2 Å². The van der Waals surface area contributed by atoms with E-state index in [1.807, 2.05) is 4.68 Å². The Bertz CT molecular complexity index is 468. The summed E-state index contributed by atoms with van der Waals surface area (Å²) in [5.74, 6) is 0.848. The minimum atomic E-state index is 0.120. The maximum atomic E-state index is 6.35. The van der Waals surface area contributed by atoms with E-state index in [1.165, 1.54) is 18.4 Å². The Balaban J connectivity index is 2.29. The molecule has 0 amide bonds. The number of hydrogen-bond donors (Lipinski definition) is 0. The third-order valence-corrected chi connectivity index (χ3v) is 3.99. The number of ether oxygens (including phenoxy) is 1. The fourth-order valence-corrected chi connectivity index (χ4v) is 2.85. The molecule has 4 nitrogen and oxygen atoms in total. The van der Waals surface area contributed by atoms with Crippen LogP contribution in [0.15, 0.2) is 12.3 Å². The number of aromatic nitrogens is 2. The average Bonchev–Trinajstić information content (AvgIpc) is 2.71. The van der Waals surface area contributed by atoms with Crippen molar-refractivity contribution in [3.63, 3.8) is 0 Å². The van der Waals surface area contributed by atoms with Crippen LogP contribution in [0.5, 0.6) is 5.75 Å². The Kier molecular flexibility index (Phi) is 5.49. The molecule has 1 heterocycles. The van der Waals surface area contributed by atoms with Gasteiger partial charge < -0.3 is 9.64 Å². The van der Waals surface area contributed by atoms with Crippen LogP contribution in [0, 0.1) is 0 Å². The summed E-state index contributed by atoms with van der Waals surface area (Å²) in [6.07, 6.45) is 8.45. The van der Waals surface area contributed by atoms with Crippen LogP contribution in [-0.2, 0) is 6.54 Å². The van der Waals surface area contributed by atoms with Crippen LogP contribution in [0.3, 0.4) is 0 Å². The normalized spacial score (nSPS) is 19.9. The maximum absolute atomic E-state index is 6.35. The first kappa shape index (κ1) is 15.4. The van der Waals surface area contributed by atoms with Crippen molar-refractivity contribution in [3.8, 4) is 5.75 Å². The van der Waals surface area contributed by atoms with E-state index < -0.39 is 0 Å². The smallest absolute Gasteiger partial charge is 0.164 e. The molecule has 20 heavy (non-hydrogen) atoms. The maximum Gasteiger partial charge on any atom is 0.164 e. The molecule has 0 saturated carbocycles. The van der Waals surface area contributed by atoms with Crippen molar-refractivity contribution in [3.05, 3.63) is 18.0 Å². The highest BCUT2D eigenvalue weighted by molar-refractivity contribution is 6.22. The molecule has 0 aliphatic heterocycles. The topological polar surface area (TPSA) is 30.3 Å². The molecule has 1 atom stereocenters. The highest BCUT2D eigenvalue weighted by Crippen LogP contribution is 2.33. The van der Waals surface area contributed by atoms with Crippen molar-refractivity contribution in [2.75, 3.05) is 27.7 Å². The number of alkyl halides is 1. The molecule has 0 fully saturated rings. The highest BCUT2D eigenvalue weighted by Gasteiger charge is 2.19. The quantitative estimate of drug-likeness (QED) is 0.783. The summed E-state index contributed by atoms with van der Waals surface area (Å²) >= 11 is 6.35. The first-order chi connectivity index (χ1) is 9.61. The molecule has 1 aromatic heterocycles. The number of rotatable bonds is 5. The van der Waals surface area contributed by atoms with E-state index in [-0.39, 0.29) is 5.38 Å². The van der Waals surface area contributed by atoms with Crippen LogP contribution < -0.4 is 4.74 Å². The zero-order chi connectivity index (χ0) is 14.5. The van der Waals surface area contributed by atoms with Crippen molar-refractivity contribution in [2.45, 2.75) is 37.6 Å². The van der Waals surface area contributed by atoms with Gasteiger partial charge in [-0.15, -0.1) is 11.6 Å². The van der Waals surface area contributed by atoms with Gasteiger partial charge in [-0.05, 0) is 38.9 Å². The number of likely N-dealkylation sites (N-methyl/N-ethyl adjacent to an activating group) is 1. The molecule has 2 rings (SSSR count). The predicted octanol–water partition coefficient (Wildman–Crippen LogP) is 3.02. The molecule has 1 aliphatic rings. The van der Waals surface area contributed by atoms with Gasteiger partial charge in [0.1, 0.15) is 5.69 Å². The molecular formula is C15H24ClN3O. The van der Waals surface area contributed by atoms with Crippen LogP contribution in [0.25, 0.3) is 5.57 Å². The zero-order valence-corrected chi connectivity index (χ0v) is 13.4. The minimum Gasteiger partial charge on any atom is -0.493 e. The predicted molar refractivity (Wildman–Crippen MR) is 83.4 cm³/mol. The molecule has 0 N–H and O–H groups in total. The third-order valence-electron chi connectivity index (χ3n) is 3.65. The Hall–Kier alpha value is -1.00. The molecule has 0 radical (unpaired) electrons. The van der Waals surface area contributed by atoms with Crippen LogP contribution in [0.4, 0.5) is 0 Å². The number of hydrogen-bond acceptors (Lipinski definition) is 3. The number of halogens is 1. The van der Waals surface area contributed by atoms with Crippen molar-refractivity contribution in [1.82, 2.24) is 14.7 Å². The van der Waals surface area contributed by atoms with Crippen LogP contribution in [0.1, 0.15) is 31.4 Å².